The maximum atomic E-state index is 12.7. The van der Waals surface area contributed by atoms with Gasteiger partial charge in [-0.05, 0) is 60.6 Å². The molecule has 0 aromatic heterocycles. The van der Waals surface area contributed by atoms with Gasteiger partial charge in [0.15, 0.2) is 11.5 Å². The number of phenolic OH excluding ortho intramolecular Hbond substituents is 1. The van der Waals surface area contributed by atoms with Crippen LogP contribution < -0.4 is 14.2 Å². The summed E-state index contributed by atoms with van der Waals surface area (Å²) >= 11 is 0. The third-order valence-electron chi connectivity index (χ3n) is 6.41. The van der Waals surface area contributed by atoms with E-state index in [9.17, 15) is 9.90 Å². The highest BCUT2D eigenvalue weighted by Gasteiger charge is 2.20. The van der Waals surface area contributed by atoms with Crippen molar-refractivity contribution in [1.82, 2.24) is 0 Å². The predicted molar refractivity (Wildman–Crippen MR) is 145 cm³/mol. The minimum Gasteiger partial charge on any atom is -0.507 e. The summed E-state index contributed by atoms with van der Waals surface area (Å²) in [6.07, 6.45) is 4.25. The first-order valence-corrected chi connectivity index (χ1v) is 12.9. The van der Waals surface area contributed by atoms with E-state index >= 15 is 0 Å². The molecule has 3 rings (SSSR count). The summed E-state index contributed by atoms with van der Waals surface area (Å²) in [5, 5.41) is 10.9. The van der Waals surface area contributed by atoms with Crippen molar-refractivity contribution in [2.24, 2.45) is 0 Å². The van der Waals surface area contributed by atoms with Gasteiger partial charge in [0.1, 0.15) is 23.7 Å². The van der Waals surface area contributed by atoms with Crippen molar-refractivity contribution in [3.63, 3.8) is 0 Å². The van der Waals surface area contributed by atoms with Crippen LogP contribution >= 0.6 is 0 Å². The normalized spacial score (nSPS) is 11.6. The van der Waals surface area contributed by atoms with Gasteiger partial charge in [0, 0.05) is 5.56 Å². The number of phenols is 1. The monoisotopic (exact) mass is 506 g/mol. The average Bonchev–Trinajstić information content (AvgIpc) is 2.93. The molecule has 0 amide bonds. The van der Waals surface area contributed by atoms with Crippen LogP contribution in [0, 0.1) is 0 Å². The summed E-state index contributed by atoms with van der Waals surface area (Å²) in [5.74, 6) is 1.69. The molecule has 0 heterocycles. The molecule has 1 atom stereocenters. The van der Waals surface area contributed by atoms with Crippen LogP contribution in [0.3, 0.4) is 0 Å². The molecular formula is C31H38O6. The second kappa shape index (κ2) is 14.2. The van der Waals surface area contributed by atoms with Gasteiger partial charge < -0.3 is 24.1 Å². The summed E-state index contributed by atoms with van der Waals surface area (Å²) in [6.45, 7) is 4.82. The zero-order valence-corrected chi connectivity index (χ0v) is 22.3. The van der Waals surface area contributed by atoms with Crippen LogP contribution in [0.25, 0.3) is 0 Å². The molecule has 0 saturated carbocycles. The van der Waals surface area contributed by atoms with Crippen LogP contribution in [-0.2, 0) is 17.8 Å². The number of methoxy groups -OCH3 is 2. The smallest absolute Gasteiger partial charge is 0.342 e. The molecule has 0 spiro atoms. The number of benzene rings is 3. The molecule has 0 fully saturated rings. The Morgan fingerprint density at radius 2 is 1.59 bits per heavy atom. The lowest BCUT2D eigenvalue weighted by atomic mass is 9.91. The molecule has 0 aliphatic carbocycles. The Morgan fingerprint density at radius 1 is 0.865 bits per heavy atom. The summed E-state index contributed by atoms with van der Waals surface area (Å²) in [7, 11) is 3.27. The Balaban J connectivity index is 1.70. The number of carbonyl (C=O) groups excluding carboxylic acids is 1. The maximum absolute atomic E-state index is 12.7. The number of hydrogen-bond acceptors (Lipinski definition) is 6. The maximum Gasteiger partial charge on any atom is 0.342 e. The Bertz CT molecular complexity index is 1140. The molecule has 6 heteroatoms. The van der Waals surface area contributed by atoms with E-state index in [4.69, 9.17) is 18.9 Å². The SMILES string of the molecule is CCCc1c(OCCC(CCC)c2ccc(OC)c(OC)c2)ccc(C(=O)OCc2ccccc2)c1O. The Kier molecular flexibility index (Phi) is 10.7. The van der Waals surface area contributed by atoms with E-state index in [0.29, 0.717) is 41.8 Å². The summed E-state index contributed by atoms with van der Waals surface area (Å²) in [4.78, 5) is 12.7. The molecule has 0 saturated heterocycles. The molecule has 37 heavy (non-hydrogen) atoms. The molecule has 0 aliphatic rings. The molecule has 3 aromatic rings. The summed E-state index contributed by atoms with van der Waals surface area (Å²) in [6, 6.07) is 18.8. The van der Waals surface area contributed by atoms with Crippen LogP contribution in [0.1, 0.15) is 72.5 Å². The molecular weight excluding hydrogens is 468 g/mol. The van der Waals surface area contributed by atoms with Crippen molar-refractivity contribution < 1.29 is 28.8 Å². The van der Waals surface area contributed by atoms with Gasteiger partial charge in [0.25, 0.3) is 0 Å². The number of aromatic hydroxyl groups is 1. The minimum absolute atomic E-state index is 0.0672. The topological polar surface area (TPSA) is 74.2 Å². The molecule has 1 unspecified atom stereocenters. The van der Waals surface area contributed by atoms with E-state index in [1.54, 1.807) is 26.4 Å². The lowest BCUT2D eigenvalue weighted by molar-refractivity contribution is 0.0469. The van der Waals surface area contributed by atoms with Gasteiger partial charge in [-0.1, -0.05) is 63.1 Å². The van der Waals surface area contributed by atoms with Crippen molar-refractivity contribution in [1.29, 1.82) is 0 Å². The summed E-state index contributed by atoms with van der Waals surface area (Å²) in [5.41, 5.74) is 2.85. The third-order valence-corrected chi connectivity index (χ3v) is 6.41. The molecule has 0 radical (unpaired) electrons. The van der Waals surface area contributed by atoms with Crippen LogP contribution in [0.4, 0.5) is 0 Å². The Hall–Kier alpha value is -3.67. The van der Waals surface area contributed by atoms with Gasteiger partial charge in [-0.25, -0.2) is 4.79 Å². The second-order valence-electron chi connectivity index (χ2n) is 8.99. The van der Waals surface area contributed by atoms with Crippen molar-refractivity contribution in [2.75, 3.05) is 20.8 Å². The second-order valence-corrected chi connectivity index (χ2v) is 8.99. The van der Waals surface area contributed by atoms with Crippen molar-refractivity contribution in [3.8, 4) is 23.0 Å². The number of carbonyl (C=O) groups is 1. The molecule has 198 valence electrons. The highest BCUT2D eigenvalue weighted by atomic mass is 16.5. The lowest BCUT2D eigenvalue weighted by Crippen LogP contribution is -2.10. The fourth-order valence-electron chi connectivity index (χ4n) is 4.45. The highest BCUT2D eigenvalue weighted by Crippen LogP contribution is 2.36. The first-order chi connectivity index (χ1) is 18.0. The van der Waals surface area contributed by atoms with Gasteiger partial charge >= 0.3 is 5.97 Å². The fraction of sp³-hybridized carbons (Fsp3) is 0.387. The number of esters is 1. The Labute approximate surface area is 220 Å². The molecule has 1 N–H and O–H groups in total. The quantitative estimate of drug-likeness (QED) is 0.236. The first kappa shape index (κ1) is 27.9. The van der Waals surface area contributed by atoms with E-state index in [1.807, 2.05) is 49.4 Å². The highest BCUT2D eigenvalue weighted by molar-refractivity contribution is 5.93. The van der Waals surface area contributed by atoms with Crippen molar-refractivity contribution in [2.45, 2.75) is 58.5 Å². The predicted octanol–water partition coefficient (Wildman–Crippen LogP) is 7.07. The van der Waals surface area contributed by atoms with Gasteiger partial charge in [0.2, 0.25) is 0 Å². The molecule has 0 aliphatic heterocycles. The minimum atomic E-state index is -0.554. The molecule has 3 aromatic carbocycles. The Morgan fingerprint density at radius 3 is 2.27 bits per heavy atom. The average molecular weight is 507 g/mol. The fourth-order valence-corrected chi connectivity index (χ4v) is 4.45. The van der Waals surface area contributed by atoms with Gasteiger partial charge in [0.05, 0.1) is 20.8 Å². The van der Waals surface area contributed by atoms with Crippen LogP contribution in [-0.4, -0.2) is 31.9 Å². The van der Waals surface area contributed by atoms with Gasteiger partial charge in [-0.2, -0.15) is 0 Å². The van der Waals surface area contributed by atoms with Crippen molar-refractivity contribution >= 4 is 5.97 Å². The zero-order chi connectivity index (χ0) is 26.6. The van der Waals surface area contributed by atoms with E-state index in [-0.39, 0.29) is 17.9 Å². The van der Waals surface area contributed by atoms with E-state index < -0.39 is 5.97 Å². The standard InChI is InChI=1S/C31H38O6/c1-5-10-23(24-14-16-28(34-3)29(20-24)35-4)18-19-36-27-17-15-26(30(32)25(27)11-6-2)31(33)37-21-22-12-8-7-9-13-22/h7-9,12-17,20,23,32H,5-6,10-11,18-19,21H2,1-4H3. The van der Waals surface area contributed by atoms with E-state index in [2.05, 4.69) is 13.0 Å². The van der Waals surface area contributed by atoms with Crippen molar-refractivity contribution in [3.05, 3.63) is 82.9 Å². The molecule has 0 bridgehead atoms. The van der Waals surface area contributed by atoms with E-state index in [1.165, 1.54) is 5.56 Å². The number of ether oxygens (including phenoxy) is 4. The largest absolute Gasteiger partial charge is 0.507 e. The van der Waals surface area contributed by atoms with Gasteiger partial charge in [-0.15, -0.1) is 0 Å². The van der Waals surface area contributed by atoms with Crippen LogP contribution in [0.15, 0.2) is 60.7 Å². The zero-order valence-electron chi connectivity index (χ0n) is 22.3. The first-order valence-electron chi connectivity index (χ1n) is 12.9. The third kappa shape index (κ3) is 7.42. The van der Waals surface area contributed by atoms with Gasteiger partial charge in [-0.3, -0.25) is 0 Å². The number of hydrogen-bond donors (Lipinski definition) is 1. The summed E-state index contributed by atoms with van der Waals surface area (Å²) < 4.78 is 22.5. The van der Waals surface area contributed by atoms with E-state index in [0.717, 1.165) is 31.2 Å². The van der Waals surface area contributed by atoms with Crippen LogP contribution in [0.5, 0.6) is 23.0 Å². The number of rotatable bonds is 14. The molecule has 6 nitrogen and oxygen atoms in total. The lowest BCUT2D eigenvalue weighted by Gasteiger charge is -2.20. The van der Waals surface area contributed by atoms with Crippen LogP contribution in [0.2, 0.25) is 0 Å².